The zero-order chi connectivity index (χ0) is 60.4. The fourth-order valence-electron chi connectivity index (χ4n) is 8.22. The van der Waals surface area contributed by atoms with Crippen LogP contribution in [-0.4, -0.2) is 181 Å². The summed E-state index contributed by atoms with van der Waals surface area (Å²) >= 11 is 0.971. The third-order valence-electron chi connectivity index (χ3n) is 11.9. The van der Waals surface area contributed by atoms with Crippen LogP contribution in [0.2, 0.25) is 0 Å². The number of carbonyl (C=O) groups is 9. The number of nitrogens with one attached hydrogen (secondary N) is 4. The van der Waals surface area contributed by atoms with Crippen molar-refractivity contribution in [3.8, 4) is 11.1 Å². The van der Waals surface area contributed by atoms with E-state index < -0.39 is 101 Å². The number of nitrogens with two attached hydrogens (primary N) is 1. The Morgan fingerprint density at radius 2 is 1.38 bits per heavy atom. The van der Waals surface area contributed by atoms with Gasteiger partial charge >= 0.3 is 12.1 Å². The summed E-state index contributed by atoms with van der Waals surface area (Å²) in [6.45, 7) is 12.1. The molecule has 82 heavy (non-hydrogen) atoms. The Hall–Kier alpha value is -7.26. The van der Waals surface area contributed by atoms with Crippen molar-refractivity contribution in [1.29, 1.82) is 0 Å². The minimum atomic E-state index is -1.39. The number of carboxylic acids is 1. The molecule has 7 N–H and O–H groups in total. The zero-order valence-corrected chi connectivity index (χ0v) is 48.0. The van der Waals surface area contributed by atoms with Crippen LogP contribution in [0.25, 0.3) is 11.1 Å². The molecule has 1 aromatic heterocycles. The Bertz CT molecular complexity index is 2660. The molecule has 23 nitrogen and oxygen atoms in total. The summed E-state index contributed by atoms with van der Waals surface area (Å²) in [6.07, 6.45) is 2.37. The van der Waals surface area contributed by atoms with E-state index in [1.807, 2.05) is 55.7 Å². The molecule has 26 heteroatoms. The van der Waals surface area contributed by atoms with Gasteiger partial charge in [0.15, 0.2) is 0 Å². The molecule has 8 amide bonds. The third-order valence-corrected chi connectivity index (χ3v) is 12.9. The Morgan fingerprint density at radius 1 is 0.756 bits per heavy atom. The minimum absolute atomic E-state index is 0.00243. The summed E-state index contributed by atoms with van der Waals surface area (Å²) in [7, 11) is 0. The van der Waals surface area contributed by atoms with Gasteiger partial charge in [0, 0.05) is 73.5 Å². The number of carbonyl (C=O) groups excluding carboxylic acids is 8. The lowest BCUT2D eigenvalue weighted by atomic mass is 9.83. The Labute approximate surface area is 479 Å². The largest absolute Gasteiger partial charge is 0.480 e. The van der Waals surface area contributed by atoms with Crippen LogP contribution in [-0.2, 0) is 68.6 Å². The maximum absolute atomic E-state index is 15.4. The van der Waals surface area contributed by atoms with E-state index >= 15 is 4.39 Å². The van der Waals surface area contributed by atoms with E-state index in [1.54, 1.807) is 37.9 Å². The van der Waals surface area contributed by atoms with E-state index in [4.69, 9.17) is 29.4 Å². The van der Waals surface area contributed by atoms with E-state index in [1.165, 1.54) is 0 Å². The van der Waals surface area contributed by atoms with E-state index in [-0.39, 0.29) is 115 Å². The monoisotopic (exact) mass is 1170 g/mol. The molecule has 0 saturated carbocycles. The molecule has 450 valence electrons. The second-order valence-electron chi connectivity index (χ2n) is 20.9. The summed E-state index contributed by atoms with van der Waals surface area (Å²) < 4.78 is 59.0. The number of primary amides is 1. The number of rotatable bonds is 36. The molecule has 1 aliphatic heterocycles. The van der Waals surface area contributed by atoms with Crippen molar-refractivity contribution in [3.05, 3.63) is 95.8 Å². The molecular weight excluding hydrogens is 1090 g/mol. The lowest BCUT2D eigenvalue weighted by Gasteiger charge is -2.41. The lowest BCUT2D eigenvalue weighted by molar-refractivity contribution is -0.141. The molecule has 3 atom stereocenters. The molecule has 0 fully saturated rings. The van der Waals surface area contributed by atoms with Crippen LogP contribution in [0.4, 0.5) is 13.6 Å². The highest BCUT2D eigenvalue weighted by Crippen LogP contribution is 2.41. The van der Waals surface area contributed by atoms with Gasteiger partial charge in [-0.2, -0.15) is 0 Å². The summed E-state index contributed by atoms with van der Waals surface area (Å²) in [6, 6.07) is 10.7. The molecule has 2 aromatic carbocycles. The Morgan fingerprint density at radius 3 is 1.98 bits per heavy atom. The molecular formula is C56H76F2N8O15S. The van der Waals surface area contributed by atoms with Crippen molar-refractivity contribution in [3.63, 3.8) is 0 Å². The maximum atomic E-state index is 15.4. The number of imide groups is 1. The number of halogens is 2. The number of hydrogen-bond donors (Lipinski definition) is 6. The SMILES string of the molecule is CC(C)(C)OC(=O)N[C@@H](CC(N)=O)C(=O)NCCCN(C(=O)CSC[C@H](NC(=O)CCOCCOCCOCCOCCNC(=O)CN1C(=O)C=CC1=O)C(=O)O)[C@@H](c1cc(-c2cc(F)ccc2F)cn1Cc1ccccc1)C(C)(C)C. The number of ether oxygens (including phenoxy) is 5. The molecule has 0 saturated heterocycles. The summed E-state index contributed by atoms with van der Waals surface area (Å²) in [4.78, 5) is 115. The van der Waals surface area contributed by atoms with Crippen LogP contribution in [0.1, 0.15) is 78.1 Å². The van der Waals surface area contributed by atoms with Crippen molar-refractivity contribution in [2.45, 2.75) is 91.1 Å². The van der Waals surface area contributed by atoms with Crippen molar-refractivity contribution in [1.82, 2.24) is 35.6 Å². The van der Waals surface area contributed by atoms with Crippen LogP contribution in [0.15, 0.2) is 72.9 Å². The van der Waals surface area contributed by atoms with Crippen molar-refractivity contribution in [2.75, 3.05) is 90.5 Å². The fraction of sp³-hybridized carbons (Fsp3) is 0.518. The number of amides is 8. The number of aliphatic carboxylic acids is 1. The van der Waals surface area contributed by atoms with Gasteiger partial charge in [-0.3, -0.25) is 38.5 Å². The van der Waals surface area contributed by atoms with E-state index in [2.05, 4.69) is 21.3 Å². The van der Waals surface area contributed by atoms with Crippen molar-refractivity contribution >= 4 is 65.2 Å². The number of hydrogen-bond acceptors (Lipinski definition) is 15. The molecule has 0 unspecified atom stereocenters. The van der Waals surface area contributed by atoms with Gasteiger partial charge in [-0.1, -0.05) is 51.1 Å². The number of nitrogens with zero attached hydrogens (tertiary/aromatic N) is 3. The highest BCUT2D eigenvalue weighted by Gasteiger charge is 2.38. The maximum Gasteiger partial charge on any atom is 0.408 e. The average Bonchev–Trinajstić information content (AvgIpc) is 3.96. The van der Waals surface area contributed by atoms with E-state index in [0.717, 1.165) is 52.6 Å². The highest BCUT2D eigenvalue weighted by atomic mass is 32.2. The summed E-state index contributed by atoms with van der Waals surface area (Å²) in [5, 5.41) is 20.2. The first-order valence-corrected chi connectivity index (χ1v) is 27.7. The summed E-state index contributed by atoms with van der Waals surface area (Å²) in [5.41, 5.74) is 5.51. The third kappa shape index (κ3) is 24.1. The second kappa shape index (κ2) is 33.6. The topological polar surface area (TPSA) is 306 Å². The standard InChI is InChI=1S/C56H76F2N8O15S/c1-55(2,3)51(44-29-38(40-30-39(57)13-14-41(40)58)33-64(44)32-37-11-8-7-9-12-37)65(20-10-18-61-52(73)42(31-45(59)67)63-54(76)81-56(4,5)6)50(72)36-82-35-43(53(74)75)62-46(68)17-21-77-23-25-79-27-28-80-26-24-78-22-19-60-47(69)34-66-48(70)15-16-49(66)71/h7-9,11-16,29-30,33,42-43,51H,10,17-28,31-32,34-36H2,1-6H3,(H2,59,67)(H,60,69)(H,61,73)(H,62,68)(H,63,76)(H,74,75)/t42-,43-,51-/m0/s1. The highest BCUT2D eigenvalue weighted by molar-refractivity contribution is 8.00. The molecule has 0 bridgehead atoms. The quantitative estimate of drug-likeness (QED) is 0.0359. The van der Waals surface area contributed by atoms with Gasteiger partial charge < -0.3 is 65.3 Å². The number of alkyl carbamates (subject to hydrolysis) is 1. The molecule has 4 rings (SSSR count). The van der Waals surface area contributed by atoms with Crippen LogP contribution >= 0.6 is 11.8 Å². The van der Waals surface area contributed by atoms with Crippen LogP contribution in [0.3, 0.4) is 0 Å². The Kier molecular flexibility index (Phi) is 27.6. The smallest absolute Gasteiger partial charge is 0.408 e. The summed E-state index contributed by atoms with van der Waals surface area (Å²) in [5.74, 6) is -7.36. The van der Waals surface area contributed by atoms with Crippen molar-refractivity contribution < 1.29 is 80.7 Å². The Balaban J connectivity index is 1.33. The number of benzene rings is 2. The average molecular weight is 1170 g/mol. The van der Waals surface area contributed by atoms with Gasteiger partial charge in [0.1, 0.15) is 35.9 Å². The van der Waals surface area contributed by atoms with Gasteiger partial charge in [0.25, 0.3) is 11.8 Å². The lowest BCUT2D eigenvalue weighted by Crippen LogP contribution is -2.50. The van der Waals surface area contributed by atoms with Crippen molar-refractivity contribution in [2.24, 2.45) is 11.1 Å². The predicted octanol–water partition coefficient (Wildman–Crippen LogP) is 3.47. The molecule has 0 aliphatic carbocycles. The van der Waals surface area contributed by atoms with Gasteiger partial charge in [-0.05, 0) is 62.4 Å². The normalized spacial score (nSPS) is 13.5. The molecule has 0 radical (unpaired) electrons. The second-order valence-corrected chi connectivity index (χ2v) is 21.9. The fourth-order valence-corrected chi connectivity index (χ4v) is 9.14. The van der Waals surface area contributed by atoms with E-state index in [0.29, 0.717) is 11.3 Å². The minimum Gasteiger partial charge on any atom is -0.480 e. The van der Waals surface area contributed by atoms with Gasteiger partial charge in [-0.15, -0.1) is 11.8 Å². The van der Waals surface area contributed by atoms with Gasteiger partial charge in [0.2, 0.25) is 29.5 Å². The molecule has 3 aromatic rings. The predicted molar refractivity (Wildman–Crippen MR) is 297 cm³/mol. The van der Waals surface area contributed by atoms with E-state index in [9.17, 15) is 52.6 Å². The molecule has 2 heterocycles. The first-order chi connectivity index (χ1) is 38.8. The van der Waals surface area contributed by atoms with Crippen LogP contribution < -0.4 is 27.0 Å². The van der Waals surface area contributed by atoms with Gasteiger partial charge in [0.05, 0.1) is 71.1 Å². The first-order valence-electron chi connectivity index (χ1n) is 26.6. The number of carboxylic acid groups (broad SMARTS) is 1. The van der Waals surface area contributed by atoms with Crippen LogP contribution in [0.5, 0.6) is 0 Å². The molecule has 0 spiro atoms. The first kappa shape index (κ1) is 67.2. The molecule has 1 aliphatic rings. The van der Waals surface area contributed by atoms with Crippen LogP contribution in [0, 0.1) is 17.0 Å². The number of thioether (sulfide) groups is 1. The zero-order valence-electron chi connectivity index (χ0n) is 47.1. The number of aromatic nitrogens is 1. The van der Waals surface area contributed by atoms with Gasteiger partial charge in [-0.25, -0.2) is 18.4 Å².